The van der Waals surface area contributed by atoms with Gasteiger partial charge in [-0.05, 0) is 44.0 Å². The fraction of sp³-hybridized carbons (Fsp3) is 0.385. The molecule has 1 N–H and O–H groups in total. The lowest BCUT2D eigenvalue weighted by Gasteiger charge is -2.05. The van der Waals surface area contributed by atoms with Crippen LogP contribution in [0.4, 0.5) is 5.69 Å². The summed E-state index contributed by atoms with van der Waals surface area (Å²) in [6, 6.07) is 6.87. The number of carbonyl (C=O) groups is 2. The van der Waals surface area contributed by atoms with E-state index in [0.29, 0.717) is 23.6 Å². The van der Waals surface area contributed by atoms with Gasteiger partial charge in [0.25, 0.3) is 0 Å². The summed E-state index contributed by atoms with van der Waals surface area (Å²) >= 11 is 5.53. The van der Waals surface area contributed by atoms with Crippen molar-refractivity contribution in [1.82, 2.24) is 0 Å². The van der Waals surface area contributed by atoms with Crippen molar-refractivity contribution in [1.29, 1.82) is 0 Å². The summed E-state index contributed by atoms with van der Waals surface area (Å²) < 4.78 is 0. The molecule has 0 bridgehead atoms. The van der Waals surface area contributed by atoms with Crippen LogP contribution < -0.4 is 5.32 Å². The fourth-order valence-corrected chi connectivity index (χ4v) is 1.58. The lowest BCUT2D eigenvalue weighted by atomic mass is 10.1. The first kappa shape index (κ1) is 13.7. The van der Waals surface area contributed by atoms with Crippen molar-refractivity contribution in [2.24, 2.45) is 0 Å². The van der Waals surface area contributed by atoms with E-state index in [1.165, 1.54) is 6.92 Å². The second-order valence-corrected chi connectivity index (χ2v) is 4.21. The molecule has 17 heavy (non-hydrogen) atoms. The van der Waals surface area contributed by atoms with Crippen LogP contribution in [0.1, 0.15) is 36.5 Å². The minimum Gasteiger partial charge on any atom is -0.326 e. The van der Waals surface area contributed by atoms with Gasteiger partial charge < -0.3 is 5.32 Å². The first-order valence-corrected chi connectivity index (χ1v) is 6.13. The highest BCUT2D eigenvalue weighted by Crippen LogP contribution is 2.11. The average molecular weight is 254 g/mol. The highest BCUT2D eigenvalue weighted by Gasteiger charge is 2.03. The number of anilines is 1. The summed E-state index contributed by atoms with van der Waals surface area (Å²) in [5.74, 6) is 0.580. The predicted molar refractivity (Wildman–Crippen MR) is 69.6 cm³/mol. The van der Waals surface area contributed by atoms with Crippen LogP contribution in [0.2, 0.25) is 0 Å². The maximum Gasteiger partial charge on any atom is 0.224 e. The number of unbranched alkanes of at least 4 members (excludes halogenated alkanes) is 1. The summed E-state index contributed by atoms with van der Waals surface area (Å²) in [5.41, 5.74) is 1.36. The Balaban J connectivity index is 2.46. The monoisotopic (exact) mass is 253 g/mol. The number of hydrogen-bond acceptors (Lipinski definition) is 2. The molecule has 92 valence electrons. The van der Waals surface area contributed by atoms with Crippen LogP contribution in [0.15, 0.2) is 24.3 Å². The van der Waals surface area contributed by atoms with E-state index in [0.717, 1.165) is 12.8 Å². The number of amides is 1. The highest BCUT2D eigenvalue weighted by molar-refractivity contribution is 6.17. The minimum absolute atomic E-state index is 0.0185. The second kappa shape index (κ2) is 7.07. The van der Waals surface area contributed by atoms with Gasteiger partial charge in [-0.15, -0.1) is 11.6 Å². The van der Waals surface area contributed by atoms with Crippen molar-refractivity contribution in [3.05, 3.63) is 29.8 Å². The molecule has 0 aromatic heterocycles. The van der Waals surface area contributed by atoms with Gasteiger partial charge in [0.1, 0.15) is 0 Å². The highest BCUT2D eigenvalue weighted by atomic mass is 35.5. The Morgan fingerprint density at radius 1 is 1.18 bits per heavy atom. The van der Waals surface area contributed by atoms with Gasteiger partial charge in [-0.2, -0.15) is 0 Å². The molecule has 0 aliphatic heterocycles. The summed E-state index contributed by atoms with van der Waals surface area (Å²) in [6.07, 6.45) is 2.11. The molecule has 0 spiro atoms. The first-order valence-electron chi connectivity index (χ1n) is 5.60. The van der Waals surface area contributed by atoms with E-state index in [1.807, 2.05) is 0 Å². The van der Waals surface area contributed by atoms with Gasteiger partial charge in [-0.1, -0.05) is 0 Å². The normalized spacial score (nSPS) is 10.0. The molecule has 0 aliphatic rings. The molecule has 0 aliphatic carbocycles. The molecule has 3 nitrogen and oxygen atoms in total. The van der Waals surface area contributed by atoms with Crippen molar-refractivity contribution in [3.63, 3.8) is 0 Å². The average Bonchev–Trinajstić information content (AvgIpc) is 2.30. The van der Waals surface area contributed by atoms with Gasteiger partial charge in [0, 0.05) is 23.6 Å². The molecule has 1 aromatic carbocycles. The second-order valence-electron chi connectivity index (χ2n) is 3.83. The molecular weight excluding hydrogens is 238 g/mol. The molecule has 0 saturated carbocycles. The Bertz CT molecular complexity index is 387. The quantitative estimate of drug-likeness (QED) is 0.481. The molecule has 1 aromatic rings. The number of hydrogen-bond donors (Lipinski definition) is 1. The van der Waals surface area contributed by atoms with Crippen molar-refractivity contribution in [3.8, 4) is 0 Å². The Morgan fingerprint density at radius 3 is 2.35 bits per heavy atom. The molecule has 0 fully saturated rings. The molecule has 0 heterocycles. The van der Waals surface area contributed by atoms with Crippen LogP contribution in [0, 0.1) is 0 Å². The maximum atomic E-state index is 11.5. The Labute approximate surface area is 106 Å². The molecule has 0 atom stereocenters. The lowest BCUT2D eigenvalue weighted by molar-refractivity contribution is -0.116. The molecule has 0 unspecified atom stereocenters. The van der Waals surface area contributed by atoms with E-state index in [-0.39, 0.29) is 11.7 Å². The van der Waals surface area contributed by atoms with Crippen molar-refractivity contribution >= 4 is 29.0 Å². The van der Waals surface area contributed by atoms with Gasteiger partial charge in [0.15, 0.2) is 5.78 Å². The Kier molecular flexibility index (Phi) is 5.70. The molecule has 4 heteroatoms. The van der Waals surface area contributed by atoms with E-state index >= 15 is 0 Å². The van der Waals surface area contributed by atoms with Crippen LogP contribution in [-0.4, -0.2) is 17.6 Å². The summed E-state index contributed by atoms with van der Waals surface area (Å²) in [7, 11) is 0. The lowest BCUT2D eigenvalue weighted by Crippen LogP contribution is -2.11. The van der Waals surface area contributed by atoms with E-state index in [4.69, 9.17) is 11.6 Å². The molecule has 0 saturated heterocycles. The van der Waals surface area contributed by atoms with Crippen LogP contribution in [0.3, 0.4) is 0 Å². The van der Waals surface area contributed by atoms with Gasteiger partial charge in [-0.25, -0.2) is 0 Å². The number of carbonyl (C=O) groups excluding carboxylic acids is 2. The van der Waals surface area contributed by atoms with Crippen LogP contribution in [-0.2, 0) is 4.79 Å². The van der Waals surface area contributed by atoms with Crippen molar-refractivity contribution in [2.45, 2.75) is 26.2 Å². The topological polar surface area (TPSA) is 46.2 Å². The summed E-state index contributed by atoms with van der Waals surface area (Å²) in [5, 5.41) is 2.77. The number of rotatable bonds is 6. The van der Waals surface area contributed by atoms with Gasteiger partial charge in [0.05, 0.1) is 0 Å². The van der Waals surface area contributed by atoms with Crippen molar-refractivity contribution in [2.75, 3.05) is 11.2 Å². The zero-order valence-corrected chi connectivity index (χ0v) is 10.6. The molecular formula is C13H16ClNO2. The SMILES string of the molecule is CC(=O)c1ccc(NC(=O)CCCCCl)cc1. The number of ketones is 1. The molecule has 0 radical (unpaired) electrons. The first-order chi connectivity index (χ1) is 8.13. The van der Waals surface area contributed by atoms with Crippen molar-refractivity contribution < 1.29 is 9.59 Å². The summed E-state index contributed by atoms with van der Waals surface area (Å²) in [6.45, 7) is 1.51. The number of nitrogens with one attached hydrogen (secondary N) is 1. The summed E-state index contributed by atoms with van der Waals surface area (Å²) in [4.78, 5) is 22.5. The Morgan fingerprint density at radius 2 is 1.82 bits per heavy atom. The van der Waals surface area contributed by atoms with Crippen LogP contribution in [0.5, 0.6) is 0 Å². The largest absolute Gasteiger partial charge is 0.326 e. The third-order valence-corrected chi connectivity index (χ3v) is 2.63. The van der Waals surface area contributed by atoms with Gasteiger partial charge >= 0.3 is 0 Å². The third-order valence-electron chi connectivity index (χ3n) is 2.36. The van der Waals surface area contributed by atoms with Gasteiger partial charge in [-0.3, -0.25) is 9.59 Å². The molecule has 1 amide bonds. The standard InChI is InChI=1S/C13H16ClNO2/c1-10(16)11-5-7-12(8-6-11)15-13(17)4-2-3-9-14/h5-8H,2-4,9H2,1H3,(H,15,17). The number of alkyl halides is 1. The van der Waals surface area contributed by atoms with E-state index in [1.54, 1.807) is 24.3 Å². The van der Waals surface area contributed by atoms with E-state index in [2.05, 4.69) is 5.32 Å². The number of halogens is 1. The van der Waals surface area contributed by atoms with Crippen LogP contribution in [0.25, 0.3) is 0 Å². The predicted octanol–water partition coefficient (Wildman–Crippen LogP) is 3.24. The van der Waals surface area contributed by atoms with E-state index < -0.39 is 0 Å². The van der Waals surface area contributed by atoms with E-state index in [9.17, 15) is 9.59 Å². The Hall–Kier alpha value is -1.35. The third kappa shape index (κ3) is 5.00. The molecule has 1 rings (SSSR count). The van der Waals surface area contributed by atoms with Crippen LogP contribution >= 0.6 is 11.6 Å². The maximum absolute atomic E-state index is 11.5. The minimum atomic E-state index is -0.0225. The zero-order valence-electron chi connectivity index (χ0n) is 9.83. The fourth-order valence-electron chi connectivity index (χ4n) is 1.39. The van der Waals surface area contributed by atoms with Gasteiger partial charge in [0.2, 0.25) is 5.91 Å². The zero-order chi connectivity index (χ0) is 12.7. The smallest absolute Gasteiger partial charge is 0.224 e. The number of benzene rings is 1. The number of Topliss-reactive ketones (excluding diaryl/α,β-unsaturated/α-hetero) is 1.